The van der Waals surface area contributed by atoms with Gasteiger partial charge >= 0.3 is 0 Å². The van der Waals surface area contributed by atoms with Gasteiger partial charge in [0.2, 0.25) is 5.91 Å². The fourth-order valence-electron chi connectivity index (χ4n) is 3.55. The second-order valence-electron chi connectivity index (χ2n) is 7.79. The molecule has 1 aliphatic rings. The molecule has 8 heteroatoms. The second kappa shape index (κ2) is 11.1. The van der Waals surface area contributed by atoms with E-state index in [2.05, 4.69) is 10.3 Å². The molecule has 4 rings (SSSR count). The smallest absolute Gasteiger partial charge is 0.238 e. The zero-order chi connectivity index (χ0) is 23.0. The maximum absolute atomic E-state index is 13.3. The Balaban J connectivity index is 1.44. The highest BCUT2D eigenvalue weighted by Gasteiger charge is 2.17. The molecule has 0 bridgehead atoms. The molecule has 0 saturated carbocycles. The Labute approximate surface area is 197 Å². The third-order valence-electron chi connectivity index (χ3n) is 5.21. The van der Waals surface area contributed by atoms with Gasteiger partial charge in [0.05, 0.1) is 30.5 Å². The van der Waals surface area contributed by atoms with Crippen LogP contribution in [0.2, 0.25) is 5.02 Å². The van der Waals surface area contributed by atoms with E-state index in [-0.39, 0.29) is 18.3 Å². The Morgan fingerprint density at radius 3 is 2.58 bits per heavy atom. The van der Waals surface area contributed by atoms with Crippen molar-refractivity contribution in [2.24, 2.45) is 0 Å². The molecule has 0 spiro atoms. The quantitative estimate of drug-likeness (QED) is 0.517. The second-order valence-corrected chi connectivity index (χ2v) is 8.19. The van der Waals surface area contributed by atoms with Crippen molar-refractivity contribution in [2.45, 2.75) is 19.4 Å². The highest BCUT2D eigenvalue weighted by molar-refractivity contribution is 6.34. The standard InChI is InChI=1S/C25H25ClFN3O3/c26-21-14-23-24(33-13-3-12-32-23)15-22(21)29-25(31)17-30(11-9-20-4-1-2-10-28-20)16-18-5-7-19(27)8-6-18/h1-2,4-8,10,14-15H,3,9,11-13,16-17H2,(H,29,31). The van der Waals surface area contributed by atoms with Gasteiger partial charge in [0.15, 0.2) is 11.5 Å². The van der Waals surface area contributed by atoms with E-state index in [0.29, 0.717) is 54.9 Å². The summed E-state index contributed by atoms with van der Waals surface area (Å²) in [6.45, 7) is 2.34. The zero-order valence-corrected chi connectivity index (χ0v) is 18.9. The molecule has 0 saturated heterocycles. The van der Waals surface area contributed by atoms with Crippen LogP contribution in [0, 0.1) is 5.82 Å². The van der Waals surface area contributed by atoms with Gasteiger partial charge in [0.25, 0.3) is 0 Å². The lowest BCUT2D eigenvalue weighted by Gasteiger charge is -2.22. The SMILES string of the molecule is O=C(CN(CCc1ccccn1)Cc1ccc(F)cc1)Nc1cc2c(cc1Cl)OCCCO2. The first-order valence-corrected chi connectivity index (χ1v) is 11.2. The van der Waals surface area contributed by atoms with Crippen LogP contribution in [0.3, 0.4) is 0 Å². The number of carbonyl (C=O) groups excluding carboxylic acids is 1. The average Bonchev–Trinajstić information content (AvgIpc) is 3.05. The number of anilines is 1. The van der Waals surface area contributed by atoms with Crippen molar-refractivity contribution < 1.29 is 18.7 Å². The number of rotatable bonds is 8. The predicted octanol–water partition coefficient (Wildman–Crippen LogP) is 4.72. The minimum atomic E-state index is -0.291. The number of fused-ring (bicyclic) bond motifs is 1. The van der Waals surface area contributed by atoms with E-state index in [9.17, 15) is 9.18 Å². The number of benzene rings is 2. The fourth-order valence-corrected chi connectivity index (χ4v) is 3.75. The number of hydrogen-bond donors (Lipinski definition) is 1. The van der Waals surface area contributed by atoms with Gasteiger partial charge in [-0.3, -0.25) is 14.7 Å². The van der Waals surface area contributed by atoms with E-state index in [0.717, 1.165) is 17.7 Å². The monoisotopic (exact) mass is 469 g/mol. The molecule has 0 atom stereocenters. The van der Waals surface area contributed by atoms with Crippen LogP contribution in [0.15, 0.2) is 60.8 Å². The van der Waals surface area contributed by atoms with E-state index >= 15 is 0 Å². The third kappa shape index (κ3) is 6.66. The number of nitrogens with one attached hydrogen (secondary N) is 1. The maximum Gasteiger partial charge on any atom is 0.238 e. The molecule has 1 N–H and O–H groups in total. The number of pyridine rings is 1. The molecule has 0 unspecified atom stereocenters. The lowest BCUT2D eigenvalue weighted by molar-refractivity contribution is -0.117. The van der Waals surface area contributed by atoms with Crippen LogP contribution in [0.4, 0.5) is 10.1 Å². The van der Waals surface area contributed by atoms with Gasteiger partial charge in [-0.25, -0.2) is 4.39 Å². The molecule has 2 heterocycles. The molecule has 0 fully saturated rings. The summed E-state index contributed by atoms with van der Waals surface area (Å²) < 4.78 is 24.7. The van der Waals surface area contributed by atoms with Crippen LogP contribution in [0.25, 0.3) is 0 Å². The van der Waals surface area contributed by atoms with Crippen molar-refractivity contribution in [1.29, 1.82) is 0 Å². The summed E-state index contributed by atoms with van der Waals surface area (Å²) in [4.78, 5) is 19.3. The Kier molecular flexibility index (Phi) is 7.75. The highest BCUT2D eigenvalue weighted by Crippen LogP contribution is 2.37. The Bertz CT molecular complexity index is 1080. The minimum absolute atomic E-state index is 0.134. The van der Waals surface area contributed by atoms with E-state index in [4.69, 9.17) is 21.1 Å². The Morgan fingerprint density at radius 2 is 1.85 bits per heavy atom. The summed E-state index contributed by atoms with van der Waals surface area (Å²) in [5.74, 6) is 0.629. The fraction of sp³-hybridized carbons (Fsp3) is 0.280. The number of carbonyl (C=O) groups is 1. The average molecular weight is 470 g/mol. The molecule has 0 aliphatic carbocycles. The largest absolute Gasteiger partial charge is 0.490 e. The molecule has 0 radical (unpaired) electrons. The molecule has 1 aromatic heterocycles. The number of halogens is 2. The molecule has 1 amide bonds. The molecular weight excluding hydrogens is 445 g/mol. The van der Waals surface area contributed by atoms with Crippen molar-refractivity contribution >= 4 is 23.2 Å². The number of amides is 1. The first-order chi connectivity index (χ1) is 16.1. The van der Waals surface area contributed by atoms with E-state index in [1.54, 1.807) is 30.5 Å². The molecule has 6 nitrogen and oxygen atoms in total. The van der Waals surface area contributed by atoms with Crippen LogP contribution < -0.4 is 14.8 Å². The van der Waals surface area contributed by atoms with Crippen LogP contribution in [-0.2, 0) is 17.8 Å². The molecule has 2 aromatic carbocycles. The van der Waals surface area contributed by atoms with Crippen molar-refractivity contribution in [3.8, 4) is 11.5 Å². The number of ether oxygens (including phenoxy) is 2. The van der Waals surface area contributed by atoms with E-state index in [1.165, 1.54) is 12.1 Å². The third-order valence-corrected chi connectivity index (χ3v) is 5.52. The van der Waals surface area contributed by atoms with Crippen LogP contribution in [-0.4, -0.2) is 42.1 Å². The number of hydrogen-bond acceptors (Lipinski definition) is 5. The lowest BCUT2D eigenvalue weighted by Crippen LogP contribution is -2.34. The maximum atomic E-state index is 13.3. The van der Waals surface area contributed by atoms with Gasteiger partial charge in [0.1, 0.15) is 5.82 Å². The Hall–Kier alpha value is -3.16. The first-order valence-electron chi connectivity index (χ1n) is 10.8. The lowest BCUT2D eigenvalue weighted by atomic mass is 10.2. The van der Waals surface area contributed by atoms with Crippen LogP contribution in [0.5, 0.6) is 11.5 Å². The van der Waals surface area contributed by atoms with Gasteiger partial charge in [-0.15, -0.1) is 0 Å². The van der Waals surface area contributed by atoms with Gasteiger partial charge in [0, 0.05) is 50.0 Å². The molecule has 1 aliphatic heterocycles. The van der Waals surface area contributed by atoms with Crippen LogP contribution >= 0.6 is 11.6 Å². The van der Waals surface area contributed by atoms with Gasteiger partial charge in [-0.05, 0) is 29.8 Å². The highest BCUT2D eigenvalue weighted by atomic mass is 35.5. The van der Waals surface area contributed by atoms with Crippen molar-refractivity contribution in [3.05, 3.63) is 82.9 Å². The zero-order valence-electron chi connectivity index (χ0n) is 18.1. The first kappa shape index (κ1) is 23.0. The minimum Gasteiger partial charge on any atom is -0.490 e. The van der Waals surface area contributed by atoms with E-state index in [1.807, 2.05) is 23.1 Å². The summed E-state index contributed by atoms with van der Waals surface area (Å²) in [6.07, 6.45) is 3.21. The number of nitrogens with zero attached hydrogens (tertiary/aromatic N) is 2. The van der Waals surface area contributed by atoms with Crippen molar-refractivity contribution in [3.63, 3.8) is 0 Å². The summed E-state index contributed by atoms with van der Waals surface area (Å²) in [7, 11) is 0. The molecule has 3 aromatic rings. The molecular formula is C25H25ClFN3O3. The van der Waals surface area contributed by atoms with Gasteiger partial charge in [-0.2, -0.15) is 0 Å². The van der Waals surface area contributed by atoms with Crippen molar-refractivity contribution in [1.82, 2.24) is 9.88 Å². The number of aromatic nitrogens is 1. The molecule has 33 heavy (non-hydrogen) atoms. The summed E-state index contributed by atoms with van der Waals surface area (Å²) in [5, 5.41) is 3.26. The van der Waals surface area contributed by atoms with Crippen molar-refractivity contribution in [2.75, 3.05) is 31.6 Å². The van der Waals surface area contributed by atoms with Crippen LogP contribution in [0.1, 0.15) is 17.7 Å². The normalized spacial score (nSPS) is 12.9. The van der Waals surface area contributed by atoms with Gasteiger partial charge in [-0.1, -0.05) is 29.8 Å². The van der Waals surface area contributed by atoms with E-state index < -0.39 is 0 Å². The molecule has 172 valence electrons. The summed E-state index contributed by atoms with van der Waals surface area (Å²) in [6, 6.07) is 15.4. The predicted molar refractivity (Wildman–Crippen MR) is 125 cm³/mol. The summed E-state index contributed by atoms with van der Waals surface area (Å²) in [5.41, 5.74) is 2.32. The van der Waals surface area contributed by atoms with Gasteiger partial charge < -0.3 is 14.8 Å². The summed E-state index contributed by atoms with van der Waals surface area (Å²) >= 11 is 6.37. The topological polar surface area (TPSA) is 63.7 Å². The Morgan fingerprint density at radius 1 is 1.09 bits per heavy atom.